The van der Waals surface area contributed by atoms with Crippen molar-refractivity contribution in [3.63, 3.8) is 0 Å². The van der Waals surface area contributed by atoms with E-state index in [0.29, 0.717) is 10.6 Å². The van der Waals surface area contributed by atoms with Crippen LogP contribution in [0, 0.1) is 13.8 Å². The van der Waals surface area contributed by atoms with Gasteiger partial charge >= 0.3 is 0 Å². The van der Waals surface area contributed by atoms with Crippen LogP contribution in [0.25, 0.3) is 0 Å². The molecule has 0 fully saturated rings. The summed E-state index contributed by atoms with van der Waals surface area (Å²) >= 11 is 0.970. The summed E-state index contributed by atoms with van der Waals surface area (Å²) in [5, 5.41) is 2.79. The molecule has 3 rings (SSSR count). The normalized spacial score (nSPS) is 11.3. The maximum absolute atomic E-state index is 12.7. The molecular formula is C19H17NO3S2. The van der Waals surface area contributed by atoms with Crippen LogP contribution >= 0.6 is 11.3 Å². The lowest BCUT2D eigenvalue weighted by Crippen LogP contribution is -2.10. The average molecular weight is 371 g/mol. The van der Waals surface area contributed by atoms with Crippen molar-refractivity contribution in [3.05, 3.63) is 76.7 Å². The highest BCUT2D eigenvalue weighted by atomic mass is 32.2. The van der Waals surface area contributed by atoms with E-state index in [4.69, 9.17) is 0 Å². The minimum absolute atomic E-state index is 0.158. The summed E-state index contributed by atoms with van der Waals surface area (Å²) in [6, 6.07) is 17.1. The van der Waals surface area contributed by atoms with E-state index in [0.717, 1.165) is 22.5 Å². The molecule has 6 heteroatoms. The Morgan fingerprint density at radius 2 is 1.64 bits per heavy atom. The van der Waals surface area contributed by atoms with Crippen molar-refractivity contribution < 1.29 is 13.2 Å². The van der Waals surface area contributed by atoms with Gasteiger partial charge in [0.1, 0.15) is 4.21 Å². The van der Waals surface area contributed by atoms with Crippen LogP contribution in [0.15, 0.2) is 69.8 Å². The van der Waals surface area contributed by atoms with Crippen molar-refractivity contribution in [2.24, 2.45) is 0 Å². The summed E-state index contributed by atoms with van der Waals surface area (Å²) in [6.07, 6.45) is 0. The molecule has 25 heavy (non-hydrogen) atoms. The van der Waals surface area contributed by atoms with Crippen molar-refractivity contribution in [2.45, 2.75) is 23.0 Å². The lowest BCUT2D eigenvalue weighted by atomic mass is 10.2. The largest absolute Gasteiger partial charge is 0.321 e. The Labute approximate surface area is 151 Å². The van der Waals surface area contributed by atoms with E-state index in [2.05, 4.69) is 5.32 Å². The van der Waals surface area contributed by atoms with Gasteiger partial charge in [-0.1, -0.05) is 29.8 Å². The first-order valence-corrected chi connectivity index (χ1v) is 9.96. The fourth-order valence-electron chi connectivity index (χ4n) is 2.34. The number of carbonyl (C=O) groups is 1. The molecule has 3 aromatic rings. The van der Waals surface area contributed by atoms with Gasteiger partial charge in [0.15, 0.2) is 0 Å². The second-order valence-corrected chi connectivity index (χ2v) is 9.02. The van der Waals surface area contributed by atoms with Crippen molar-refractivity contribution in [1.29, 1.82) is 0 Å². The number of benzene rings is 2. The molecule has 1 N–H and O–H groups in total. The lowest BCUT2D eigenvalue weighted by molar-refractivity contribution is 0.103. The monoisotopic (exact) mass is 371 g/mol. The topological polar surface area (TPSA) is 63.2 Å². The third-order valence-electron chi connectivity index (χ3n) is 3.68. The molecule has 0 saturated carbocycles. The van der Waals surface area contributed by atoms with Gasteiger partial charge in [0.25, 0.3) is 5.91 Å². The molecule has 0 aliphatic rings. The summed E-state index contributed by atoms with van der Waals surface area (Å²) in [5.74, 6) is -0.319. The molecule has 0 atom stereocenters. The number of hydrogen-bond donors (Lipinski definition) is 1. The third-order valence-corrected chi connectivity index (χ3v) is 7.02. The molecule has 0 unspecified atom stereocenters. The zero-order valence-corrected chi connectivity index (χ0v) is 15.4. The van der Waals surface area contributed by atoms with Gasteiger partial charge < -0.3 is 5.32 Å². The fourth-order valence-corrected chi connectivity index (χ4v) is 4.94. The molecule has 0 saturated heterocycles. The van der Waals surface area contributed by atoms with E-state index < -0.39 is 9.84 Å². The highest BCUT2D eigenvalue weighted by Crippen LogP contribution is 2.28. The molecule has 2 aromatic carbocycles. The minimum Gasteiger partial charge on any atom is -0.321 e. The predicted octanol–water partition coefficient (Wildman–Crippen LogP) is 4.45. The van der Waals surface area contributed by atoms with Gasteiger partial charge in [0.2, 0.25) is 9.84 Å². The lowest BCUT2D eigenvalue weighted by Gasteiger charge is -2.04. The number of hydrogen-bond acceptors (Lipinski definition) is 4. The fraction of sp³-hybridized carbons (Fsp3) is 0.105. The van der Waals surface area contributed by atoms with Crippen molar-refractivity contribution >= 4 is 32.8 Å². The molecule has 1 amide bonds. The number of nitrogens with one attached hydrogen (secondary N) is 1. The maximum atomic E-state index is 12.7. The molecule has 0 bridgehead atoms. The molecule has 0 aliphatic carbocycles. The molecule has 128 valence electrons. The van der Waals surface area contributed by atoms with Crippen LogP contribution in [-0.2, 0) is 9.84 Å². The van der Waals surface area contributed by atoms with Gasteiger partial charge in [-0.3, -0.25) is 4.79 Å². The minimum atomic E-state index is -3.61. The Kier molecular flexibility index (Phi) is 4.74. The molecule has 0 aliphatic heterocycles. The van der Waals surface area contributed by atoms with Gasteiger partial charge in [0, 0.05) is 5.69 Å². The summed E-state index contributed by atoms with van der Waals surface area (Å²) in [7, 11) is -3.61. The van der Waals surface area contributed by atoms with Crippen LogP contribution in [-0.4, -0.2) is 14.3 Å². The molecule has 1 aromatic heterocycles. The highest BCUT2D eigenvalue weighted by Gasteiger charge is 2.21. The number of carbonyl (C=O) groups excluding carboxylic acids is 1. The molecule has 0 spiro atoms. The average Bonchev–Trinajstić information content (AvgIpc) is 3.06. The van der Waals surface area contributed by atoms with Crippen LogP contribution in [0.1, 0.15) is 20.8 Å². The standard InChI is InChI=1S/C19H17NO3S2/c1-13-6-8-16(9-7-13)25(22,23)18-11-10-17(24-18)19(21)20-15-5-3-4-14(2)12-15/h3-12H,1-2H3,(H,20,21). The zero-order valence-electron chi connectivity index (χ0n) is 13.8. The van der Waals surface area contributed by atoms with E-state index in [1.165, 1.54) is 12.1 Å². The Morgan fingerprint density at radius 3 is 2.32 bits per heavy atom. The molecule has 4 nitrogen and oxygen atoms in total. The first-order chi connectivity index (χ1) is 11.9. The number of rotatable bonds is 4. The van der Waals surface area contributed by atoms with Crippen LogP contribution in [0.2, 0.25) is 0 Å². The second kappa shape index (κ2) is 6.82. The van der Waals surface area contributed by atoms with Crippen molar-refractivity contribution in [2.75, 3.05) is 5.32 Å². The van der Waals surface area contributed by atoms with Gasteiger partial charge in [0.05, 0.1) is 9.77 Å². The van der Waals surface area contributed by atoms with Crippen LogP contribution < -0.4 is 5.32 Å². The van der Waals surface area contributed by atoms with Gasteiger partial charge in [-0.05, 0) is 55.8 Å². The Hall–Kier alpha value is -2.44. The van der Waals surface area contributed by atoms with Crippen LogP contribution in [0.3, 0.4) is 0 Å². The predicted molar refractivity (Wildman–Crippen MR) is 100 cm³/mol. The number of thiophene rings is 1. The first-order valence-electron chi connectivity index (χ1n) is 7.66. The number of aryl methyl sites for hydroxylation is 2. The number of anilines is 1. The van der Waals surface area contributed by atoms with Crippen molar-refractivity contribution in [3.8, 4) is 0 Å². The van der Waals surface area contributed by atoms with Gasteiger partial charge in [-0.15, -0.1) is 11.3 Å². The van der Waals surface area contributed by atoms with E-state index in [1.807, 2.05) is 32.0 Å². The Bertz CT molecular complexity index is 1020. The molecule has 0 radical (unpaired) electrons. The molecular weight excluding hydrogens is 354 g/mol. The summed E-state index contributed by atoms with van der Waals surface area (Å²) in [4.78, 5) is 12.9. The SMILES string of the molecule is Cc1ccc(S(=O)(=O)c2ccc(C(=O)Nc3cccc(C)c3)s2)cc1. The van der Waals surface area contributed by atoms with E-state index in [1.54, 1.807) is 30.3 Å². The second-order valence-electron chi connectivity index (χ2n) is 5.76. The summed E-state index contributed by atoms with van der Waals surface area (Å²) < 4.78 is 25.5. The molecule has 1 heterocycles. The smallest absolute Gasteiger partial charge is 0.265 e. The van der Waals surface area contributed by atoms with Gasteiger partial charge in [-0.2, -0.15) is 0 Å². The van der Waals surface area contributed by atoms with E-state index in [9.17, 15) is 13.2 Å². The van der Waals surface area contributed by atoms with Crippen molar-refractivity contribution in [1.82, 2.24) is 0 Å². The maximum Gasteiger partial charge on any atom is 0.265 e. The Balaban J connectivity index is 1.84. The van der Waals surface area contributed by atoms with E-state index >= 15 is 0 Å². The number of amides is 1. The zero-order chi connectivity index (χ0) is 18.0. The number of sulfone groups is 1. The Morgan fingerprint density at radius 1 is 0.920 bits per heavy atom. The highest BCUT2D eigenvalue weighted by molar-refractivity contribution is 7.93. The first kappa shape index (κ1) is 17.4. The van der Waals surface area contributed by atoms with Crippen LogP contribution in [0.5, 0.6) is 0 Å². The van der Waals surface area contributed by atoms with Crippen LogP contribution in [0.4, 0.5) is 5.69 Å². The van der Waals surface area contributed by atoms with E-state index in [-0.39, 0.29) is 15.0 Å². The van der Waals surface area contributed by atoms with Gasteiger partial charge in [-0.25, -0.2) is 8.42 Å². The summed E-state index contributed by atoms with van der Waals surface area (Å²) in [6.45, 7) is 3.84. The quantitative estimate of drug-likeness (QED) is 0.737. The third kappa shape index (κ3) is 3.81. The summed E-state index contributed by atoms with van der Waals surface area (Å²) in [5.41, 5.74) is 2.70.